The fourth-order valence-corrected chi connectivity index (χ4v) is 12.5. The molecule has 0 radical (unpaired) electrons. The van der Waals surface area contributed by atoms with Crippen LogP contribution in [-0.2, 0) is 58.4 Å². The molecule has 9 rings (SSSR count). The van der Waals surface area contributed by atoms with Crippen molar-refractivity contribution in [2.75, 3.05) is 0 Å². The first kappa shape index (κ1) is 89.8. The van der Waals surface area contributed by atoms with Crippen LogP contribution in [0.25, 0.3) is 10.8 Å². The van der Waals surface area contributed by atoms with Crippen molar-refractivity contribution < 1.29 is 32.7 Å². The first-order chi connectivity index (χ1) is 48.2. The average molecular weight is 1880 g/mol. The van der Waals surface area contributed by atoms with Crippen LogP contribution in [0.2, 0.25) is 0 Å². The molecule has 0 aromatic heterocycles. The SMILES string of the molecule is CC(C)c1cccc(C(C)C)c1N=CC=Nc1c(C(C)C)cccc1C(C)C.CCc1cccc(C(C)C)c1N=C(C)C(C)=Nc1c(CC)cccc1C(C)C.CCc1cccc(C(C)C)c1N=C1C(=Nc2c(CC)cccc2C(C)C)c2cccc3cccc1c23.[Br][Ni][Br].[Br][Ni][Br].[Br][Ni][Br]. The van der Waals surface area contributed by atoms with Crippen molar-refractivity contribution in [1.82, 2.24) is 0 Å². The predicted octanol–water partition coefficient (Wildman–Crippen LogP) is 30.8. The zero-order valence-electron chi connectivity index (χ0n) is 63.4. The fraction of sp³-hybridized carbons (Fsp3) is 0.395. The van der Waals surface area contributed by atoms with E-state index in [9.17, 15) is 0 Å². The number of aliphatic imine (C=N–C) groups is 6. The molecule has 8 aromatic carbocycles. The Bertz CT molecular complexity index is 3810. The second kappa shape index (κ2) is 46.5. The molecule has 0 heterocycles. The Morgan fingerprint density at radius 1 is 0.307 bits per heavy atom. The number of para-hydroxylation sites is 6. The molecule has 0 fully saturated rings. The molecule has 0 saturated carbocycles. The van der Waals surface area contributed by atoms with Crippen LogP contribution in [0, 0.1) is 0 Å². The Morgan fingerprint density at radius 2 is 0.515 bits per heavy atom. The van der Waals surface area contributed by atoms with E-state index < -0.39 is 0 Å². The maximum atomic E-state index is 5.48. The zero-order valence-corrected chi connectivity index (χ0v) is 75.8. The van der Waals surface area contributed by atoms with Gasteiger partial charge in [-0.1, -0.05) is 284 Å². The number of nitrogens with zero attached hydrogens (tertiary/aromatic N) is 6. The number of hydrogen-bond donors (Lipinski definition) is 0. The van der Waals surface area contributed by atoms with Crippen LogP contribution in [0.5, 0.6) is 0 Å². The normalized spacial score (nSPS) is 13.1. The summed E-state index contributed by atoms with van der Waals surface area (Å²) in [6.45, 7) is 48.7. The van der Waals surface area contributed by atoms with Crippen LogP contribution in [-0.4, -0.2) is 35.3 Å². The summed E-state index contributed by atoms with van der Waals surface area (Å²) in [5.74, 6) is 3.45. The van der Waals surface area contributed by atoms with Gasteiger partial charge >= 0.3 is 118 Å². The Hall–Kier alpha value is -3.60. The van der Waals surface area contributed by atoms with E-state index in [0.29, 0.717) is 47.3 Å². The van der Waals surface area contributed by atoms with Gasteiger partial charge in [0.2, 0.25) is 0 Å². The Balaban J connectivity index is 0.000000306. The van der Waals surface area contributed by atoms with Crippen molar-refractivity contribution in [3.8, 4) is 0 Å². The first-order valence-corrected chi connectivity index (χ1v) is 49.9. The van der Waals surface area contributed by atoms with E-state index in [1.807, 2.05) is 12.4 Å². The molecule has 1 aliphatic rings. The molecule has 0 atom stereocenters. The van der Waals surface area contributed by atoms with Gasteiger partial charge in [0, 0.05) is 28.9 Å². The summed E-state index contributed by atoms with van der Waals surface area (Å²) < 4.78 is 0. The molecular weight excluding hydrogens is 1770 g/mol. The molecule has 554 valence electrons. The number of halogens is 6. The minimum atomic E-state index is 0.393. The van der Waals surface area contributed by atoms with Gasteiger partial charge in [0.25, 0.3) is 0 Å². The van der Waals surface area contributed by atoms with Crippen molar-refractivity contribution in [2.24, 2.45) is 30.0 Å². The first-order valence-electron chi connectivity index (χ1n) is 35.3. The Morgan fingerprint density at radius 3 is 0.752 bits per heavy atom. The van der Waals surface area contributed by atoms with E-state index in [1.54, 1.807) is 0 Å². The van der Waals surface area contributed by atoms with E-state index in [4.69, 9.17) is 30.0 Å². The summed E-state index contributed by atoms with van der Waals surface area (Å²) in [4.78, 5) is 30.8. The summed E-state index contributed by atoms with van der Waals surface area (Å²) in [6.07, 6.45) is 7.58. The molecule has 0 N–H and O–H groups in total. The molecular formula is C86H108Br6N6Ni3. The van der Waals surface area contributed by atoms with Gasteiger partial charge in [0.1, 0.15) is 0 Å². The third-order valence-electron chi connectivity index (χ3n) is 17.9. The van der Waals surface area contributed by atoms with E-state index in [2.05, 4.69) is 383 Å². The second-order valence-electron chi connectivity index (χ2n) is 27.4. The van der Waals surface area contributed by atoms with Crippen molar-refractivity contribution in [3.05, 3.63) is 223 Å². The molecule has 0 bridgehead atoms. The van der Waals surface area contributed by atoms with Gasteiger partial charge in [-0.2, -0.15) is 0 Å². The molecule has 15 heteroatoms. The quantitative estimate of drug-likeness (QED) is 0.0539. The van der Waals surface area contributed by atoms with Crippen LogP contribution in [0.3, 0.4) is 0 Å². The fourth-order valence-electron chi connectivity index (χ4n) is 12.5. The van der Waals surface area contributed by atoms with Crippen LogP contribution in [0.15, 0.2) is 176 Å². The molecule has 6 nitrogen and oxygen atoms in total. The van der Waals surface area contributed by atoms with Crippen LogP contribution < -0.4 is 0 Å². The average Bonchev–Trinajstić information content (AvgIpc) is 1.59. The molecule has 0 saturated heterocycles. The summed E-state index contributed by atoms with van der Waals surface area (Å²) >= 11 is 18.0. The molecule has 1 aliphatic carbocycles. The topological polar surface area (TPSA) is 74.2 Å². The van der Waals surface area contributed by atoms with Crippen LogP contribution in [0.1, 0.15) is 278 Å². The maximum absolute atomic E-state index is 5.48. The van der Waals surface area contributed by atoms with E-state index >= 15 is 0 Å². The summed E-state index contributed by atoms with van der Waals surface area (Å²) in [5.41, 5.74) is 28.5. The third-order valence-corrected chi connectivity index (χ3v) is 17.9. The van der Waals surface area contributed by atoms with Crippen molar-refractivity contribution in [3.63, 3.8) is 0 Å². The van der Waals surface area contributed by atoms with Gasteiger partial charge in [-0.25, -0.2) is 9.98 Å². The van der Waals surface area contributed by atoms with E-state index in [-0.39, 0.29) is 0 Å². The van der Waals surface area contributed by atoms with Gasteiger partial charge in [-0.3, -0.25) is 20.0 Å². The molecule has 101 heavy (non-hydrogen) atoms. The Labute approximate surface area is 669 Å². The van der Waals surface area contributed by atoms with Crippen molar-refractivity contribution in [1.29, 1.82) is 0 Å². The summed E-state index contributed by atoms with van der Waals surface area (Å²) in [7, 11) is 3.75. The molecule has 0 unspecified atom stereocenters. The van der Waals surface area contributed by atoms with Gasteiger partial charge in [-0.15, -0.1) is 0 Å². The number of rotatable bonds is 20. The number of hydrogen-bond acceptors (Lipinski definition) is 6. The van der Waals surface area contributed by atoms with Gasteiger partial charge in [-0.05, 0) is 159 Å². The number of benzene rings is 8. The van der Waals surface area contributed by atoms with Crippen LogP contribution in [0.4, 0.5) is 34.1 Å². The molecule has 0 aliphatic heterocycles. The molecule has 0 amide bonds. The van der Waals surface area contributed by atoms with Gasteiger partial charge in [0.15, 0.2) is 0 Å². The molecule has 0 spiro atoms. The van der Waals surface area contributed by atoms with E-state index in [1.165, 1.54) is 121 Å². The van der Waals surface area contributed by atoms with Gasteiger partial charge < -0.3 is 0 Å². The monoisotopic (exact) mass is 1870 g/mol. The second-order valence-corrected chi connectivity index (χ2v) is 42.3. The summed E-state index contributed by atoms with van der Waals surface area (Å²) in [6, 6.07) is 52.5. The third kappa shape index (κ3) is 25.5. The van der Waals surface area contributed by atoms with Crippen molar-refractivity contribution in [2.45, 2.75) is 225 Å². The minimum absolute atomic E-state index is 0.393. The van der Waals surface area contributed by atoms with Crippen molar-refractivity contribution >= 4 is 166 Å². The molecule has 8 aromatic rings. The summed E-state index contributed by atoms with van der Waals surface area (Å²) in [5, 5.41) is 2.50. The standard InChI is InChI=1S/C34H36N2.2C26H36N2.6BrH.3Ni/c1-7-23-13-9-17-26(21(3)4)31(23)35-33-28-19-11-15-25-16-12-20-29(30(25)28)34(33)36-32-24(8-2)14-10-18-27(32)22(5)6;1-17(2)21-11-9-12-22(18(3)4)25(21)27-15-16-28-26-23(19(5)6)13-10-14-24(26)20(7)8;1-9-21-13-11-15-23(17(3)4)25(21)27-19(7)20(8)28-26-22(10-2)14-12-16-24(26)18(5)6;;;;;;;;;/h9-22H,7-8H2,1-6H3;9-20H,1-8H3;11-18H,9-10H2,1-8H3;6*1H;;;/q;;;;;;;;;3*+2/p-6. The number of aryl methyl sites for hydroxylation is 4. The van der Waals surface area contributed by atoms with E-state index in [0.717, 1.165) is 82.7 Å². The van der Waals surface area contributed by atoms with Gasteiger partial charge in [0.05, 0.1) is 57.0 Å². The Kier molecular flexibility index (Phi) is 41.3. The zero-order chi connectivity index (χ0) is 75.2. The predicted molar refractivity (Wildman–Crippen MR) is 461 cm³/mol. The van der Waals surface area contributed by atoms with Crippen LogP contribution >= 0.6 is 85.4 Å².